The molecule has 0 amide bonds. The van der Waals surface area contributed by atoms with Crippen LogP contribution in [-0.4, -0.2) is 40.4 Å². The molecule has 1 aliphatic rings. The minimum absolute atomic E-state index is 0.0304. The minimum Gasteiger partial charge on any atom is -0.386 e. The zero-order chi connectivity index (χ0) is 12.3. The maximum absolute atomic E-state index is 10.6. The van der Waals surface area contributed by atoms with E-state index >= 15 is 0 Å². The van der Waals surface area contributed by atoms with E-state index in [0.717, 1.165) is 0 Å². The first-order valence-electron chi connectivity index (χ1n) is 5.24. The molecule has 1 atom stereocenters. The van der Waals surface area contributed by atoms with Crippen molar-refractivity contribution in [3.05, 3.63) is 28.4 Å². The molecular formula is C10H13N3O4. The van der Waals surface area contributed by atoms with Crippen molar-refractivity contribution in [1.82, 2.24) is 4.98 Å². The summed E-state index contributed by atoms with van der Waals surface area (Å²) in [6.07, 6.45) is 1.91. The summed E-state index contributed by atoms with van der Waals surface area (Å²) in [6, 6.07) is 2.65. The number of nitrogens with one attached hydrogen (secondary N) is 1. The number of hydrogen-bond acceptors (Lipinski definition) is 6. The Labute approximate surface area is 97.6 Å². The van der Waals surface area contributed by atoms with E-state index in [0.29, 0.717) is 18.8 Å². The average Bonchev–Trinajstić information content (AvgIpc) is 2.75. The van der Waals surface area contributed by atoms with Gasteiger partial charge in [0.15, 0.2) is 0 Å². The number of nitrogens with zero attached hydrogens (tertiary/aromatic N) is 2. The van der Waals surface area contributed by atoms with E-state index < -0.39 is 10.5 Å². The second kappa shape index (κ2) is 4.64. The Bertz CT molecular complexity index is 418. The molecule has 2 heterocycles. The Morgan fingerprint density at radius 2 is 2.53 bits per heavy atom. The Balaban J connectivity index is 1.99. The zero-order valence-corrected chi connectivity index (χ0v) is 9.13. The van der Waals surface area contributed by atoms with Gasteiger partial charge in [-0.2, -0.15) is 0 Å². The zero-order valence-electron chi connectivity index (χ0n) is 9.13. The Morgan fingerprint density at radius 1 is 1.71 bits per heavy atom. The van der Waals surface area contributed by atoms with Crippen LogP contribution in [0.3, 0.4) is 0 Å². The maximum Gasteiger partial charge on any atom is 0.274 e. The highest BCUT2D eigenvalue weighted by atomic mass is 16.6. The SMILES string of the molecule is O=[N+]([O-])c1ccnc(NCC2(O)CCOC2)c1. The lowest BCUT2D eigenvalue weighted by atomic mass is 10.0. The summed E-state index contributed by atoms with van der Waals surface area (Å²) in [6.45, 7) is 1.07. The van der Waals surface area contributed by atoms with Crippen LogP contribution in [0.5, 0.6) is 0 Å². The first-order chi connectivity index (χ1) is 8.09. The van der Waals surface area contributed by atoms with Gasteiger partial charge in [-0.15, -0.1) is 0 Å². The average molecular weight is 239 g/mol. The first-order valence-corrected chi connectivity index (χ1v) is 5.24. The van der Waals surface area contributed by atoms with Crippen LogP contribution in [0.25, 0.3) is 0 Å². The molecule has 92 valence electrons. The molecule has 1 aromatic heterocycles. The molecule has 2 rings (SSSR count). The highest BCUT2D eigenvalue weighted by molar-refractivity contribution is 5.44. The Kier molecular flexibility index (Phi) is 3.21. The van der Waals surface area contributed by atoms with Crippen LogP contribution in [0.4, 0.5) is 11.5 Å². The van der Waals surface area contributed by atoms with Crippen molar-refractivity contribution < 1.29 is 14.8 Å². The highest BCUT2D eigenvalue weighted by Crippen LogP contribution is 2.20. The van der Waals surface area contributed by atoms with Gasteiger partial charge in [0.1, 0.15) is 11.4 Å². The lowest BCUT2D eigenvalue weighted by Crippen LogP contribution is -2.37. The lowest BCUT2D eigenvalue weighted by Gasteiger charge is -2.20. The smallest absolute Gasteiger partial charge is 0.274 e. The quantitative estimate of drug-likeness (QED) is 0.588. The summed E-state index contributed by atoms with van der Waals surface area (Å²) in [5, 5.41) is 23.4. The normalized spacial score (nSPS) is 23.6. The largest absolute Gasteiger partial charge is 0.386 e. The van der Waals surface area contributed by atoms with Gasteiger partial charge in [0.2, 0.25) is 0 Å². The van der Waals surface area contributed by atoms with Crippen molar-refractivity contribution in [3.8, 4) is 0 Å². The van der Waals surface area contributed by atoms with Gasteiger partial charge in [-0.05, 0) is 0 Å². The molecule has 0 saturated carbocycles. The van der Waals surface area contributed by atoms with Gasteiger partial charge in [-0.1, -0.05) is 0 Å². The molecule has 1 aromatic rings. The van der Waals surface area contributed by atoms with E-state index in [9.17, 15) is 15.2 Å². The van der Waals surface area contributed by atoms with E-state index in [2.05, 4.69) is 10.3 Å². The van der Waals surface area contributed by atoms with Crippen LogP contribution in [0, 0.1) is 10.1 Å². The minimum atomic E-state index is -0.910. The van der Waals surface area contributed by atoms with Gasteiger partial charge in [0, 0.05) is 31.8 Å². The Morgan fingerprint density at radius 3 is 3.18 bits per heavy atom. The predicted molar refractivity (Wildman–Crippen MR) is 59.8 cm³/mol. The van der Waals surface area contributed by atoms with Crippen molar-refractivity contribution in [2.75, 3.05) is 25.1 Å². The van der Waals surface area contributed by atoms with Crippen molar-refractivity contribution in [2.45, 2.75) is 12.0 Å². The molecule has 1 unspecified atom stereocenters. The topological polar surface area (TPSA) is 97.5 Å². The molecule has 0 aliphatic carbocycles. The third-order valence-corrected chi connectivity index (χ3v) is 2.64. The predicted octanol–water partition coefficient (Wildman–Crippen LogP) is 0.553. The summed E-state index contributed by atoms with van der Waals surface area (Å²) in [7, 11) is 0. The van der Waals surface area contributed by atoms with Gasteiger partial charge in [0.05, 0.1) is 17.6 Å². The molecule has 2 N–H and O–H groups in total. The summed E-state index contributed by atoms with van der Waals surface area (Å²) < 4.78 is 5.09. The highest BCUT2D eigenvalue weighted by Gasteiger charge is 2.32. The summed E-state index contributed by atoms with van der Waals surface area (Å²) in [5.41, 5.74) is -0.941. The molecule has 17 heavy (non-hydrogen) atoms. The fourth-order valence-corrected chi connectivity index (χ4v) is 1.62. The molecular weight excluding hydrogens is 226 g/mol. The van der Waals surface area contributed by atoms with Crippen LogP contribution in [-0.2, 0) is 4.74 Å². The molecule has 1 fully saturated rings. The summed E-state index contributed by atoms with van der Waals surface area (Å²) in [4.78, 5) is 14.0. The van der Waals surface area contributed by atoms with Crippen molar-refractivity contribution in [2.24, 2.45) is 0 Å². The first kappa shape index (κ1) is 11.7. The van der Waals surface area contributed by atoms with E-state index in [1.165, 1.54) is 18.3 Å². The van der Waals surface area contributed by atoms with Crippen molar-refractivity contribution in [3.63, 3.8) is 0 Å². The number of nitro groups is 1. The van der Waals surface area contributed by atoms with Gasteiger partial charge in [0.25, 0.3) is 5.69 Å². The van der Waals surface area contributed by atoms with Gasteiger partial charge in [-0.25, -0.2) is 4.98 Å². The van der Waals surface area contributed by atoms with E-state index in [4.69, 9.17) is 4.74 Å². The van der Waals surface area contributed by atoms with Gasteiger partial charge in [-0.3, -0.25) is 10.1 Å². The lowest BCUT2D eigenvalue weighted by molar-refractivity contribution is -0.384. The van der Waals surface area contributed by atoms with Gasteiger partial charge >= 0.3 is 0 Å². The fraction of sp³-hybridized carbons (Fsp3) is 0.500. The van der Waals surface area contributed by atoms with Crippen molar-refractivity contribution in [1.29, 1.82) is 0 Å². The second-order valence-corrected chi connectivity index (χ2v) is 4.04. The Hall–Kier alpha value is -1.73. The van der Waals surface area contributed by atoms with E-state index in [1.807, 2.05) is 0 Å². The molecule has 7 nitrogen and oxygen atoms in total. The van der Waals surface area contributed by atoms with Crippen LogP contribution < -0.4 is 5.32 Å². The standard InChI is InChI=1S/C10H13N3O4/c14-10(2-4-17-7-10)6-12-9-5-8(13(15)16)1-3-11-9/h1,3,5,14H,2,4,6-7H2,(H,11,12). The molecule has 7 heteroatoms. The van der Waals surface area contributed by atoms with Crippen LogP contribution in [0.2, 0.25) is 0 Å². The van der Waals surface area contributed by atoms with Crippen LogP contribution in [0.1, 0.15) is 6.42 Å². The van der Waals surface area contributed by atoms with Crippen LogP contribution >= 0.6 is 0 Å². The van der Waals surface area contributed by atoms with Gasteiger partial charge < -0.3 is 15.2 Å². The number of anilines is 1. The number of ether oxygens (including phenoxy) is 1. The molecule has 1 saturated heterocycles. The van der Waals surface area contributed by atoms with Crippen molar-refractivity contribution >= 4 is 11.5 Å². The number of rotatable bonds is 4. The fourth-order valence-electron chi connectivity index (χ4n) is 1.62. The summed E-state index contributed by atoms with van der Waals surface area (Å²) in [5.74, 6) is 0.375. The van der Waals surface area contributed by atoms with Crippen LogP contribution in [0.15, 0.2) is 18.3 Å². The van der Waals surface area contributed by atoms with E-state index in [-0.39, 0.29) is 18.8 Å². The summed E-state index contributed by atoms with van der Waals surface area (Å²) >= 11 is 0. The molecule has 0 radical (unpaired) electrons. The molecule has 0 aromatic carbocycles. The second-order valence-electron chi connectivity index (χ2n) is 4.04. The number of pyridine rings is 1. The van der Waals surface area contributed by atoms with E-state index in [1.54, 1.807) is 0 Å². The number of aromatic nitrogens is 1. The monoisotopic (exact) mass is 239 g/mol. The molecule has 1 aliphatic heterocycles. The molecule has 0 bridgehead atoms. The number of aliphatic hydroxyl groups is 1. The maximum atomic E-state index is 10.6. The molecule has 0 spiro atoms. The third-order valence-electron chi connectivity index (χ3n) is 2.64. The third kappa shape index (κ3) is 2.89. The number of hydrogen-bond donors (Lipinski definition) is 2.